The predicted octanol–water partition coefficient (Wildman–Crippen LogP) is 9.62. The van der Waals surface area contributed by atoms with E-state index in [0.29, 0.717) is 11.3 Å². The molecule has 6 rings (SSSR count). The fourth-order valence-electron chi connectivity index (χ4n) is 5.31. The minimum absolute atomic E-state index is 0.413. The second-order valence-electron chi connectivity index (χ2n) is 11.7. The molecule has 0 bridgehead atoms. The Morgan fingerprint density at radius 2 is 1.38 bits per heavy atom. The lowest BCUT2D eigenvalue weighted by Crippen LogP contribution is -2.20. The summed E-state index contributed by atoms with van der Waals surface area (Å²) in [5, 5.41) is 1.99. The van der Waals surface area contributed by atoms with Crippen molar-refractivity contribution in [2.24, 2.45) is 5.41 Å². The van der Waals surface area contributed by atoms with Gasteiger partial charge in [0.2, 0.25) is 0 Å². The number of hydrogen-bond acceptors (Lipinski definition) is 3. The Morgan fingerprint density at radius 1 is 0.692 bits per heavy atom. The summed E-state index contributed by atoms with van der Waals surface area (Å²) in [6, 6.07) is 30.7. The van der Waals surface area contributed by atoms with Gasteiger partial charge in [0.05, 0.1) is 11.4 Å². The van der Waals surface area contributed by atoms with Gasteiger partial charge >= 0.3 is 0 Å². The predicted molar refractivity (Wildman–Crippen MR) is 162 cm³/mol. The maximum atomic E-state index is 8.78. The summed E-state index contributed by atoms with van der Waals surface area (Å²) in [5.41, 5.74) is 7.02. The molecule has 0 atom stereocenters. The van der Waals surface area contributed by atoms with E-state index < -0.39 is 17.2 Å². The van der Waals surface area contributed by atoms with Crippen molar-refractivity contribution in [1.29, 1.82) is 0 Å². The summed E-state index contributed by atoms with van der Waals surface area (Å²) >= 11 is 0. The third kappa shape index (κ3) is 4.74. The molecule has 194 valence electrons. The molecule has 0 unspecified atom stereocenters. The quantitative estimate of drug-likeness (QED) is 0.231. The van der Waals surface area contributed by atoms with E-state index in [-0.39, 0.29) is 0 Å². The lowest BCUT2D eigenvalue weighted by Gasteiger charge is -2.25. The molecule has 0 N–H and O–H groups in total. The van der Waals surface area contributed by atoms with Crippen LogP contribution in [0.15, 0.2) is 108 Å². The lowest BCUT2D eigenvalue weighted by molar-refractivity contribution is 0.411. The molecule has 6 aromatic rings. The highest BCUT2D eigenvalue weighted by atomic mass is 16.3. The highest BCUT2D eigenvalue weighted by molar-refractivity contribution is 6.10. The van der Waals surface area contributed by atoms with E-state index in [9.17, 15) is 0 Å². The zero-order chi connectivity index (χ0) is 29.0. The van der Waals surface area contributed by atoms with E-state index in [1.165, 1.54) is 11.1 Å². The van der Waals surface area contributed by atoms with Crippen LogP contribution in [0.2, 0.25) is 0 Å². The first-order valence-electron chi connectivity index (χ1n) is 14.4. The molecular weight excluding hydrogens is 476 g/mol. The van der Waals surface area contributed by atoms with Crippen molar-refractivity contribution >= 4 is 21.9 Å². The zero-order valence-corrected chi connectivity index (χ0v) is 23.1. The summed E-state index contributed by atoms with van der Waals surface area (Å²) in [6.07, 6.45) is 2.02. The van der Waals surface area contributed by atoms with E-state index in [2.05, 4.69) is 73.4 Å². The molecule has 0 fully saturated rings. The van der Waals surface area contributed by atoms with E-state index >= 15 is 0 Å². The van der Waals surface area contributed by atoms with Crippen LogP contribution in [0.5, 0.6) is 0 Å². The van der Waals surface area contributed by atoms with Gasteiger partial charge < -0.3 is 4.42 Å². The number of rotatable bonds is 5. The molecular formula is C36H34N2O. The third-order valence-electron chi connectivity index (χ3n) is 7.27. The molecule has 0 radical (unpaired) electrons. The summed E-state index contributed by atoms with van der Waals surface area (Å²) in [6.45, 7) is 10.1. The summed E-state index contributed by atoms with van der Waals surface area (Å²) in [7, 11) is 0. The SMILES string of the molecule is [2H]C([2H])(c1ccnc(-c2cccc3c2oc2c(C(C)(C)c4ccc(-c5ccccc5)cc4)nccc23)c1)C(C)(C)C. The third-order valence-corrected chi connectivity index (χ3v) is 7.27. The largest absolute Gasteiger partial charge is 0.453 e. The summed E-state index contributed by atoms with van der Waals surface area (Å²) in [4.78, 5) is 9.48. The van der Waals surface area contributed by atoms with Gasteiger partial charge in [0.25, 0.3) is 0 Å². The average Bonchev–Trinajstić information content (AvgIpc) is 3.36. The van der Waals surface area contributed by atoms with Crippen LogP contribution in [0.3, 0.4) is 0 Å². The lowest BCUT2D eigenvalue weighted by atomic mass is 9.80. The topological polar surface area (TPSA) is 38.9 Å². The number of benzene rings is 3. The molecule has 0 spiro atoms. The van der Waals surface area contributed by atoms with Crippen molar-refractivity contribution < 1.29 is 7.16 Å². The van der Waals surface area contributed by atoms with Gasteiger partial charge in [0.15, 0.2) is 5.58 Å². The van der Waals surface area contributed by atoms with Crippen LogP contribution in [0.25, 0.3) is 44.3 Å². The molecule has 3 aromatic carbocycles. The molecule has 0 amide bonds. The van der Waals surface area contributed by atoms with Crippen LogP contribution in [-0.4, -0.2) is 9.97 Å². The normalized spacial score (nSPS) is 13.5. The van der Waals surface area contributed by atoms with Gasteiger partial charge in [-0.25, -0.2) is 0 Å². The van der Waals surface area contributed by atoms with E-state index in [4.69, 9.17) is 12.1 Å². The van der Waals surface area contributed by atoms with Crippen LogP contribution < -0.4 is 0 Å². The van der Waals surface area contributed by atoms with Gasteiger partial charge in [0, 0.05) is 36.9 Å². The van der Waals surface area contributed by atoms with Crippen molar-refractivity contribution in [2.75, 3.05) is 0 Å². The number of aromatic nitrogens is 2. The maximum absolute atomic E-state index is 8.78. The highest BCUT2D eigenvalue weighted by Crippen LogP contribution is 2.41. The Morgan fingerprint density at radius 3 is 2.13 bits per heavy atom. The Kier molecular flexibility index (Phi) is 5.53. The first-order chi connectivity index (χ1) is 19.5. The Hall–Kier alpha value is -4.24. The van der Waals surface area contributed by atoms with Gasteiger partial charge in [-0.3, -0.25) is 9.97 Å². The molecule has 3 aromatic heterocycles. The van der Waals surface area contributed by atoms with Gasteiger partial charge in [-0.05, 0) is 58.3 Å². The minimum atomic E-state index is -1.52. The molecule has 0 aliphatic heterocycles. The molecule has 3 heteroatoms. The maximum Gasteiger partial charge on any atom is 0.157 e. The van der Waals surface area contributed by atoms with Crippen molar-refractivity contribution in [1.82, 2.24) is 9.97 Å². The van der Waals surface area contributed by atoms with Crippen molar-refractivity contribution in [3.05, 3.63) is 120 Å². The van der Waals surface area contributed by atoms with Crippen LogP contribution in [-0.2, 0) is 11.8 Å². The number of pyridine rings is 2. The van der Waals surface area contributed by atoms with Gasteiger partial charge in [-0.1, -0.05) is 101 Å². The van der Waals surface area contributed by atoms with Crippen LogP contribution in [0.1, 0.15) is 54.2 Å². The minimum Gasteiger partial charge on any atom is -0.453 e. The van der Waals surface area contributed by atoms with Crippen molar-refractivity contribution in [3.63, 3.8) is 0 Å². The second kappa shape index (κ2) is 9.50. The summed E-state index contributed by atoms with van der Waals surface area (Å²) < 4.78 is 24.2. The van der Waals surface area contributed by atoms with Crippen LogP contribution in [0, 0.1) is 5.41 Å². The number of furan rings is 1. The fourth-order valence-corrected chi connectivity index (χ4v) is 5.31. The molecule has 0 saturated heterocycles. The Labute approximate surface area is 233 Å². The first-order valence-corrected chi connectivity index (χ1v) is 13.4. The highest BCUT2D eigenvalue weighted by Gasteiger charge is 2.29. The zero-order valence-electron chi connectivity index (χ0n) is 25.1. The fraction of sp³-hybridized carbons (Fsp3) is 0.222. The average molecular weight is 513 g/mol. The van der Waals surface area contributed by atoms with Gasteiger partial charge in [-0.2, -0.15) is 0 Å². The molecule has 0 saturated carbocycles. The first kappa shape index (κ1) is 22.7. The van der Waals surface area contributed by atoms with E-state index in [0.717, 1.165) is 38.8 Å². The number of para-hydroxylation sites is 1. The monoisotopic (exact) mass is 512 g/mol. The van der Waals surface area contributed by atoms with Crippen molar-refractivity contribution in [2.45, 2.75) is 46.4 Å². The van der Waals surface area contributed by atoms with E-state index in [1.54, 1.807) is 12.3 Å². The number of fused-ring (bicyclic) bond motifs is 3. The van der Waals surface area contributed by atoms with Gasteiger partial charge in [-0.15, -0.1) is 0 Å². The van der Waals surface area contributed by atoms with Gasteiger partial charge in [0.1, 0.15) is 5.58 Å². The smallest absolute Gasteiger partial charge is 0.157 e. The Bertz CT molecular complexity index is 1860. The molecule has 0 aliphatic carbocycles. The van der Waals surface area contributed by atoms with Crippen LogP contribution >= 0.6 is 0 Å². The molecule has 3 heterocycles. The molecule has 0 aliphatic rings. The van der Waals surface area contributed by atoms with Crippen LogP contribution in [0.4, 0.5) is 0 Å². The number of nitrogens with zero attached hydrogens (tertiary/aromatic N) is 2. The Balaban J connectivity index is 1.46. The van der Waals surface area contributed by atoms with E-state index in [1.807, 2.05) is 57.3 Å². The second-order valence-corrected chi connectivity index (χ2v) is 11.7. The molecule has 39 heavy (non-hydrogen) atoms. The van der Waals surface area contributed by atoms with Crippen molar-refractivity contribution in [3.8, 4) is 22.4 Å². The number of hydrogen-bond donors (Lipinski definition) is 0. The standard InChI is InChI=1S/C36H34N2O/c1-35(2,3)23-24-18-20-37-31(22-24)30-13-9-12-28-29-19-21-38-34(33(29)39-32(28)30)36(4,5)27-16-14-26(15-17-27)25-10-7-6-8-11-25/h6-22H,23H2,1-5H3/i23D2. The summed E-state index contributed by atoms with van der Waals surface area (Å²) in [5.74, 6) is 0. The molecule has 3 nitrogen and oxygen atoms in total.